The lowest BCUT2D eigenvalue weighted by Gasteiger charge is -2.27. The average Bonchev–Trinajstić information content (AvgIpc) is 3.53. The predicted molar refractivity (Wildman–Crippen MR) is 144 cm³/mol. The monoisotopic (exact) mass is 517 g/mol. The third-order valence-corrected chi connectivity index (χ3v) is 5.21. The molecule has 5 rings (SSSR count). The second-order valence-corrected chi connectivity index (χ2v) is 7.27. The van der Waals surface area contributed by atoms with Gasteiger partial charge in [-0.1, -0.05) is 41.5 Å². The molecule has 1 saturated heterocycles. The zero-order valence-electron chi connectivity index (χ0n) is 22.6. The highest BCUT2D eigenvalue weighted by molar-refractivity contribution is 6.09. The van der Waals surface area contributed by atoms with Gasteiger partial charge in [-0.25, -0.2) is 18.3 Å². The van der Waals surface area contributed by atoms with Crippen LogP contribution in [0.5, 0.6) is 0 Å². The highest BCUT2D eigenvalue weighted by Gasteiger charge is 2.21. The third kappa shape index (κ3) is 6.79. The molecule has 0 aliphatic carbocycles. The van der Waals surface area contributed by atoms with Gasteiger partial charge in [0.25, 0.3) is 12.3 Å². The second-order valence-electron chi connectivity index (χ2n) is 7.27. The summed E-state index contributed by atoms with van der Waals surface area (Å²) in [5.74, 6) is 0.141. The Hall–Kier alpha value is -3.60. The van der Waals surface area contributed by atoms with Crippen LogP contribution in [0, 0.1) is 0 Å². The van der Waals surface area contributed by atoms with E-state index in [1.165, 1.54) is 27.5 Å². The van der Waals surface area contributed by atoms with Crippen LogP contribution < -0.4 is 10.2 Å². The summed E-state index contributed by atoms with van der Waals surface area (Å²) >= 11 is 0. The molecule has 0 atom stereocenters. The van der Waals surface area contributed by atoms with E-state index in [0.717, 1.165) is 0 Å². The number of alkyl halides is 2. The van der Waals surface area contributed by atoms with E-state index in [2.05, 4.69) is 25.4 Å². The van der Waals surface area contributed by atoms with E-state index in [1.54, 1.807) is 19.4 Å². The minimum absolute atomic E-state index is 0.0317. The van der Waals surface area contributed by atoms with Crippen molar-refractivity contribution in [3.05, 3.63) is 47.9 Å². The molecule has 1 aliphatic rings. The van der Waals surface area contributed by atoms with E-state index in [1.807, 2.05) is 47.6 Å². The second kappa shape index (κ2) is 14.2. The minimum atomic E-state index is -2.77. The van der Waals surface area contributed by atoms with Crippen LogP contribution in [0.3, 0.4) is 0 Å². The van der Waals surface area contributed by atoms with E-state index in [0.29, 0.717) is 48.7 Å². The Morgan fingerprint density at radius 1 is 1.08 bits per heavy atom. The van der Waals surface area contributed by atoms with E-state index < -0.39 is 12.3 Å². The molecule has 11 heteroatoms. The molecule has 0 unspecified atom stereocenters. The van der Waals surface area contributed by atoms with Crippen molar-refractivity contribution in [2.45, 2.75) is 48.0 Å². The van der Waals surface area contributed by atoms with Crippen molar-refractivity contribution in [2.24, 2.45) is 7.05 Å². The first kappa shape index (κ1) is 29.6. The molecule has 4 aromatic rings. The molecular formula is C26H37F2N7O2. The number of aromatic nitrogens is 5. The first-order valence-electron chi connectivity index (χ1n) is 12.7. The number of benzene rings is 1. The van der Waals surface area contributed by atoms with Crippen molar-refractivity contribution in [3.63, 3.8) is 0 Å². The Bertz CT molecular complexity index is 1280. The maximum Gasteiger partial charge on any atom is 0.265 e. The summed E-state index contributed by atoms with van der Waals surface area (Å²) in [5, 5.41) is 11.6. The molecule has 3 aromatic heterocycles. The maximum atomic E-state index is 13.6. The van der Waals surface area contributed by atoms with Crippen molar-refractivity contribution < 1.29 is 18.3 Å². The number of ether oxygens (including phenoxy) is 1. The Morgan fingerprint density at radius 2 is 1.76 bits per heavy atom. The van der Waals surface area contributed by atoms with Gasteiger partial charge in [-0.05, 0) is 18.2 Å². The van der Waals surface area contributed by atoms with Gasteiger partial charge >= 0.3 is 0 Å². The van der Waals surface area contributed by atoms with Gasteiger partial charge in [0, 0.05) is 43.5 Å². The normalized spacial score (nSPS) is 12.8. The van der Waals surface area contributed by atoms with Crippen molar-refractivity contribution >= 4 is 34.0 Å². The van der Waals surface area contributed by atoms with Crippen LogP contribution in [-0.2, 0) is 11.8 Å². The van der Waals surface area contributed by atoms with Gasteiger partial charge in [0.15, 0.2) is 5.65 Å². The number of morpholine rings is 1. The molecule has 9 nitrogen and oxygen atoms in total. The van der Waals surface area contributed by atoms with Gasteiger partial charge in [0.05, 0.1) is 30.6 Å². The van der Waals surface area contributed by atoms with Gasteiger partial charge in [0.1, 0.15) is 11.4 Å². The summed E-state index contributed by atoms with van der Waals surface area (Å²) in [4.78, 5) is 19.6. The lowest BCUT2D eigenvalue weighted by atomic mass is 10.1. The van der Waals surface area contributed by atoms with Crippen molar-refractivity contribution in [3.8, 4) is 0 Å². The van der Waals surface area contributed by atoms with Crippen LogP contribution in [-0.4, -0.2) is 56.6 Å². The topological polar surface area (TPSA) is 89.6 Å². The van der Waals surface area contributed by atoms with Gasteiger partial charge < -0.3 is 15.0 Å². The number of nitrogens with zero attached hydrogens (tertiary/aromatic N) is 6. The molecule has 1 fully saturated rings. The first-order valence-corrected chi connectivity index (χ1v) is 12.7. The number of nitrogens with one attached hydrogen (secondary N) is 1. The number of aryl methyl sites for hydroxylation is 1. The number of carbonyl (C=O) groups excluding carboxylic acids is 1. The lowest BCUT2D eigenvalue weighted by molar-refractivity contribution is 0.102. The summed E-state index contributed by atoms with van der Waals surface area (Å²) in [6, 6.07) is 4.61. The number of fused-ring (bicyclic) bond motifs is 2. The maximum absolute atomic E-state index is 13.6. The average molecular weight is 518 g/mol. The molecule has 37 heavy (non-hydrogen) atoms. The van der Waals surface area contributed by atoms with Crippen LogP contribution in [0.1, 0.15) is 63.9 Å². The summed E-state index contributed by atoms with van der Waals surface area (Å²) in [5.41, 5.74) is 0.718. The van der Waals surface area contributed by atoms with Gasteiger partial charge in [0.2, 0.25) is 0 Å². The molecule has 4 heterocycles. The number of halogens is 2. The smallest absolute Gasteiger partial charge is 0.265 e. The molecule has 1 amide bonds. The highest BCUT2D eigenvalue weighted by Crippen LogP contribution is 2.31. The lowest BCUT2D eigenvalue weighted by Crippen LogP contribution is -2.36. The van der Waals surface area contributed by atoms with Crippen LogP contribution in [0.25, 0.3) is 16.6 Å². The Morgan fingerprint density at radius 3 is 2.41 bits per heavy atom. The Balaban J connectivity index is 0.000000750. The van der Waals surface area contributed by atoms with E-state index >= 15 is 0 Å². The fraction of sp³-hybridized carbons (Fsp3) is 0.462. The molecule has 202 valence electrons. The van der Waals surface area contributed by atoms with Crippen LogP contribution in [0.4, 0.5) is 20.3 Å². The highest BCUT2D eigenvalue weighted by atomic mass is 19.3. The molecule has 0 saturated carbocycles. The fourth-order valence-corrected chi connectivity index (χ4v) is 3.68. The molecule has 1 aliphatic heterocycles. The summed E-state index contributed by atoms with van der Waals surface area (Å²) in [6.45, 7) is 14.6. The minimum Gasteiger partial charge on any atom is -0.378 e. The van der Waals surface area contributed by atoms with Crippen LogP contribution >= 0.6 is 0 Å². The van der Waals surface area contributed by atoms with Gasteiger partial charge in [-0.15, -0.1) is 0 Å². The molecule has 1 N–H and O–H groups in total. The zero-order valence-corrected chi connectivity index (χ0v) is 22.6. The number of anilines is 2. The van der Waals surface area contributed by atoms with Gasteiger partial charge in [-0.3, -0.25) is 9.48 Å². The molecule has 0 spiro atoms. The largest absolute Gasteiger partial charge is 0.378 e. The van der Waals surface area contributed by atoms with Crippen molar-refractivity contribution in [2.75, 3.05) is 36.5 Å². The number of rotatable bonds is 4. The Labute approximate surface area is 216 Å². The van der Waals surface area contributed by atoms with Crippen molar-refractivity contribution in [1.29, 1.82) is 0 Å². The standard InChI is InChI=1S/C20H19F2N7O2.3C2H6/c1-27-11-12-8-16(13(18(21)22)9-15(12)26-27)24-20(30)14-10-23-29-3-2-17(25-19(14)29)28-4-6-31-7-5-28;3*1-2/h2-3,8-11,18H,4-7H2,1H3,(H,24,30);3*1-2H3. The Kier molecular flexibility index (Phi) is 11.4. The number of hydrogen-bond donors (Lipinski definition) is 1. The van der Waals surface area contributed by atoms with Crippen LogP contribution in [0.15, 0.2) is 36.8 Å². The number of carbonyl (C=O) groups is 1. The predicted octanol–water partition coefficient (Wildman–Crippen LogP) is 5.72. The molecule has 0 bridgehead atoms. The van der Waals surface area contributed by atoms with E-state index in [-0.39, 0.29) is 16.8 Å². The third-order valence-electron chi connectivity index (χ3n) is 5.21. The van der Waals surface area contributed by atoms with Crippen molar-refractivity contribution in [1.82, 2.24) is 24.4 Å². The summed E-state index contributed by atoms with van der Waals surface area (Å²) in [7, 11) is 1.71. The molecule has 1 aromatic carbocycles. The fourth-order valence-electron chi connectivity index (χ4n) is 3.68. The van der Waals surface area contributed by atoms with Crippen LogP contribution in [0.2, 0.25) is 0 Å². The summed E-state index contributed by atoms with van der Waals surface area (Å²) in [6.07, 6.45) is 2.03. The quantitative estimate of drug-likeness (QED) is 0.372. The van der Waals surface area contributed by atoms with E-state index in [4.69, 9.17) is 4.74 Å². The first-order chi connectivity index (χ1) is 18.0. The SMILES string of the molecule is CC.CC.CC.Cn1cc2cc(NC(=O)c3cnn4ccc(N5CCOCC5)nc34)c(C(F)F)cc2n1. The summed E-state index contributed by atoms with van der Waals surface area (Å²) < 4.78 is 35.7. The molecular weight excluding hydrogens is 480 g/mol. The number of hydrogen-bond acceptors (Lipinski definition) is 6. The number of amides is 1. The van der Waals surface area contributed by atoms with Gasteiger partial charge in [-0.2, -0.15) is 10.2 Å². The molecule has 0 radical (unpaired) electrons. The van der Waals surface area contributed by atoms with E-state index in [9.17, 15) is 13.6 Å². The zero-order chi connectivity index (χ0) is 27.5.